The number of aromatic nitrogens is 2. The minimum absolute atomic E-state index is 0. The van der Waals surface area contributed by atoms with Gasteiger partial charge in [-0.2, -0.15) is 0 Å². The fraction of sp³-hybridized carbons (Fsp3) is 0.385. The van der Waals surface area contributed by atoms with Gasteiger partial charge in [-0.05, 0) is 12.1 Å². The maximum atomic E-state index is 5.65. The molecule has 0 amide bonds. The summed E-state index contributed by atoms with van der Waals surface area (Å²) in [5.74, 6) is 1.07. The molecule has 0 radical (unpaired) electrons. The molecule has 0 atom stereocenters. The maximum Gasteiger partial charge on any atom is 0.180 e. The van der Waals surface area contributed by atoms with E-state index in [0.717, 1.165) is 38.5 Å². The van der Waals surface area contributed by atoms with Crippen molar-refractivity contribution in [1.82, 2.24) is 14.9 Å². The van der Waals surface area contributed by atoms with Crippen molar-refractivity contribution in [2.24, 2.45) is 0 Å². The van der Waals surface area contributed by atoms with Gasteiger partial charge in [0.15, 0.2) is 5.13 Å². The van der Waals surface area contributed by atoms with Gasteiger partial charge in [0, 0.05) is 50.0 Å². The number of nitrogens with two attached hydrogens (primary N) is 1. The van der Waals surface area contributed by atoms with E-state index in [0.29, 0.717) is 5.13 Å². The third kappa shape index (κ3) is 3.59. The van der Waals surface area contributed by atoms with E-state index >= 15 is 0 Å². The van der Waals surface area contributed by atoms with Crippen LogP contribution in [-0.2, 0) is 6.54 Å². The van der Waals surface area contributed by atoms with Gasteiger partial charge in [0.1, 0.15) is 5.82 Å². The molecule has 0 aromatic carbocycles. The molecule has 0 unspecified atom stereocenters. The van der Waals surface area contributed by atoms with E-state index in [-0.39, 0.29) is 12.4 Å². The van der Waals surface area contributed by atoms with Crippen LogP contribution in [0.1, 0.15) is 4.88 Å². The molecule has 2 aromatic rings. The summed E-state index contributed by atoms with van der Waals surface area (Å²) in [6.45, 7) is 5.09. The number of hydrogen-bond donors (Lipinski definition) is 1. The molecule has 2 aromatic heterocycles. The smallest absolute Gasteiger partial charge is 0.180 e. The molecule has 1 fully saturated rings. The average Bonchev–Trinajstić information content (AvgIpc) is 2.86. The molecular weight excluding hydrogens is 294 g/mol. The molecule has 20 heavy (non-hydrogen) atoms. The van der Waals surface area contributed by atoms with Crippen molar-refractivity contribution in [3.63, 3.8) is 0 Å². The second-order valence-corrected chi connectivity index (χ2v) is 5.76. The fourth-order valence-electron chi connectivity index (χ4n) is 2.29. The summed E-state index contributed by atoms with van der Waals surface area (Å²) in [5.41, 5.74) is 5.65. The van der Waals surface area contributed by atoms with Crippen molar-refractivity contribution in [3.8, 4) is 0 Å². The third-order valence-corrected chi connectivity index (χ3v) is 4.11. The van der Waals surface area contributed by atoms with E-state index in [1.54, 1.807) is 11.3 Å². The Morgan fingerprint density at radius 1 is 1.15 bits per heavy atom. The number of nitrogen functional groups attached to an aromatic ring is 1. The van der Waals surface area contributed by atoms with Crippen LogP contribution >= 0.6 is 23.7 Å². The molecule has 3 heterocycles. The highest BCUT2D eigenvalue weighted by Crippen LogP contribution is 2.18. The van der Waals surface area contributed by atoms with Crippen molar-refractivity contribution >= 4 is 34.7 Å². The highest BCUT2D eigenvalue weighted by atomic mass is 35.5. The summed E-state index contributed by atoms with van der Waals surface area (Å²) in [4.78, 5) is 14.5. The number of piperazine rings is 1. The van der Waals surface area contributed by atoms with Gasteiger partial charge >= 0.3 is 0 Å². The molecular formula is C13H18ClN5S. The van der Waals surface area contributed by atoms with Gasteiger partial charge in [0.2, 0.25) is 0 Å². The van der Waals surface area contributed by atoms with E-state index < -0.39 is 0 Å². The number of halogens is 1. The van der Waals surface area contributed by atoms with Gasteiger partial charge in [0.05, 0.1) is 0 Å². The standard InChI is InChI=1S/C13H17N5S.ClH/c14-13-16-9-11(19-13)10-17-5-7-18(8-6-17)12-3-1-2-4-15-12;/h1-4,9H,5-8,10H2,(H2,14,16);1H. The van der Waals surface area contributed by atoms with Crippen LogP contribution in [0.2, 0.25) is 0 Å². The number of anilines is 2. The van der Waals surface area contributed by atoms with E-state index in [1.807, 2.05) is 24.5 Å². The van der Waals surface area contributed by atoms with Gasteiger partial charge in [-0.3, -0.25) is 4.90 Å². The number of rotatable bonds is 3. The summed E-state index contributed by atoms with van der Waals surface area (Å²) in [6.07, 6.45) is 3.73. The van der Waals surface area contributed by atoms with Crippen molar-refractivity contribution in [1.29, 1.82) is 0 Å². The zero-order valence-corrected chi connectivity index (χ0v) is 12.7. The first-order valence-corrected chi connectivity index (χ1v) is 7.21. The van der Waals surface area contributed by atoms with E-state index in [4.69, 9.17) is 5.73 Å². The zero-order valence-electron chi connectivity index (χ0n) is 11.1. The van der Waals surface area contributed by atoms with E-state index in [1.165, 1.54) is 4.88 Å². The molecule has 1 saturated heterocycles. The van der Waals surface area contributed by atoms with Crippen molar-refractivity contribution in [2.75, 3.05) is 36.8 Å². The van der Waals surface area contributed by atoms with Crippen LogP contribution in [0, 0.1) is 0 Å². The van der Waals surface area contributed by atoms with E-state index in [9.17, 15) is 0 Å². The van der Waals surface area contributed by atoms with Crippen LogP contribution in [0.3, 0.4) is 0 Å². The van der Waals surface area contributed by atoms with Gasteiger partial charge in [-0.15, -0.1) is 23.7 Å². The quantitative estimate of drug-likeness (QED) is 0.937. The van der Waals surface area contributed by atoms with Crippen LogP contribution in [-0.4, -0.2) is 41.0 Å². The summed E-state index contributed by atoms with van der Waals surface area (Å²) >= 11 is 1.58. The van der Waals surface area contributed by atoms with E-state index in [2.05, 4.69) is 25.8 Å². The highest BCUT2D eigenvalue weighted by Gasteiger charge is 2.18. The molecule has 0 saturated carbocycles. The van der Waals surface area contributed by atoms with Gasteiger partial charge in [0.25, 0.3) is 0 Å². The lowest BCUT2D eigenvalue weighted by atomic mass is 10.3. The Morgan fingerprint density at radius 3 is 2.55 bits per heavy atom. The number of pyridine rings is 1. The summed E-state index contributed by atoms with van der Waals surface area (Å²) in [7, 11) is 0. The minimum Gasteiger partial charge on any atom is -0.375 e. The maximum absolute atomic E-state index is 5.65. The van der Waals surface area contributed by atoms with Crippen LogP contribution < -0.4 is 10.6 Å². The predicted molar refractivity (Wildman–Crippen MR) is 85.5 cm³/mol. The molecule has 108 valence electrons. The zero-order chi connectivity index (χ0) is 13.1. The Bertz CT molecular complexity index is 525. The first-order chi connectivity index (χ1) is 9.31. The van der Waals surface area contributed by atoms with Crippen molar-refractivity contribution < 1.29 is 0 Å². The fourth-order valence-corrected chi connectivity index (χ4v) is 3.02. The van der Waals surface area contributed by atoms with Crippen molar-refractivity contribution in [3.05, 3.63) is 35.5 Å². The second kappa shape index (κ2) is 6.88. The molecule has 5 nitrogen and oxygen atoms in total. The minimum atomic E-state index is 0. The highest BCUT2D eigenvalue weighted by molar-refractivity contribution is 7.15. The summed E-state index contributed by atoms with van der Waals surface area (Å²) in [6, 6.07) is 6.06. The van der Waals surface area contributed by atoms with Crippen LogP contribution in [0.5, 0.6) is 0 Å². The Kier molecular flexibility index (Phi) is 5.17. The number of thiazole rings is 1. The summed E-state index contributed by atoms with van der Waals surface area (Å²) in [5, 5.41) is 0.655. The van der Waals surface area contributed by atoms with Crippen LogP contribution in [0.4, 0.5) is 10.9 Å². The molecule has 7 heteroatoms. The molecule has 3 rings (SSSR count). The van der Waals surface area contributed by atoms with Crippen LogP contribution in [0.15, 0.2) is 30.6 Å². The Labute approximate surface area is 128 Å². The molecule has 1 aliphatic rings. The SMILES string of the molecule is Cl.Nc1ncc(CN2CCN(c3ccccn3)CC2)s1. The third-order valence-electron chi connectivity index (χ3n) is 3.30. The lowest BCUT2D eigenvalue weighted by Crippen LogP contribution is -2.46. The molecule has 0 aliphatic carbocycles. The topological polar surface area (TPSA) is 58.3 Å². The number of nitrogens with zero attached hydrogens (tertiary/aromatic N) is 4. The van der Waals surface area contributed by atoms with Gasteiger partial charge < -0.3 is 10.6 Å². The largest absolute Gasteiger partial charge is 0.375 e. The Balaban J connectivity index is 0.00000147. The first kappa shape index (κ1) is 15.0. The predicted octanol–water partition coefficient (Wildman–Crippen LogP) is 1.86. The average molecular weight is 312 g/mol. The van der Waals surface area contributed by atoms with Crippen LogP contribution in [0.25, 0.3) is 0 Å². The normalized spacial score (nSPS) is 15.9. The van der Waals surface area contributed by atoms with Crippen molar-refractivity contribution in [2.45, 2.75) is 6.54 Å². The lowest BCUT2D eigenvalue weighted by molar-refractivity contribution is 0.251. The number of hydrogen-bond acceptors (Lipinski definition) is 6. The summed E-state index contributed by atoms with van der Waals surface area (Å²) < 4.78 is 0. The monoisotopic (exact) mass is 311 g/mol. The van der Waals surface area contributed by atoms with Gasteiger partial charge in [-0.25, -0.2) is 9.97 Å². The molecule has 1 aliphatic heterocycles. The molecule has 0 spiro atoms. The Hall–Kier alpha value is -1.37. The molecule has 0 bridgehead atoms. The van der Waals surface area contributed by atoms with Gasteiger partial charge in [-0.1, -0.05) is 6.07 Å². The molecule has 2 N–H and O–H groups in total. The lowest BCUT2D eigenvalue weighted by Gasteiger charge is -2.35. The first-order valence-electron chi connectivity index (χ1n) is 6.40. The second-order valence-electron chi connectivity index (χ2n) is 4.62. The Morgan fingerprint density at radius 2 is 1.95 bits per heavy atom.